The number of hydrogen-bond donors (Lipinski definition) is 1. The summed E-state index contributed by atoms with van der Waals surface area (Å²) in [5.41, 5.74) is 7.86. The molecular formula is C14H16BrN3. The van der Waals surface area contributed by atoms with Gasteiger partial charge in [-0.1, -0.05) is 34.1 Å². The molecule has 1 heterocycles. The Balaban J connectivity index is 2.06. The predicted octanol–water partition coefficient (Wildman–Crippen LogP) is 2.94. The summed E-state index contributed by atoms with van der Waals surface area (Å²) in [6.45, 7) is 1.37. The number of benzene rings is 1. The van der Waals surface area contributed by atoms with E-state index in [9.17, 15) is 0 Å². The first-order chi connectivity index (χ1) is 8.69. The molecule has 0 atom stereocenters. The number of anilines is 1. The zero-order valence-electron chi connectivity index (χ0n) is 10.3. The lowest BCUT2D eigenvalue weighted by atomic mass is 10.2. The van der Waals surface area contributed by atoms with Gasteiger partial charge in [0.2, 0.25) is 0 Å². The number of pyridine rings is 1. The molecule has 3 nitrogen and oxygen atoms in total. The minimum Gasteiger partial charge on any atom is -0.355 e. The third kappa shape index (κ3) is 3.31. The number of rotatable bonds is 4. The first kappa shape index (κ1) is 13.1. The highest BCUT2D eigenvalue weighted by molar-refractivity contribution is 9.10. The molecular weight excluding hydrogens is 290 g/mol. The van der Waals surface area contributed by atoms with Gasteiger partial charge in [-0.25, -0.2) is 4.98 Å². The highest BCUT2D eigenvalue weighted by Crippen LogP contribution is 2.15. The van der Waals surface area contributed by atoms with E-state index in [1.807, 2.05) is 37.5 Å². The second-order valence-electron chi connectivity index (χ2n) is 4.21. The van der Waals surface area contributed by atoms with Crippen LogP contribution in [0.2, 0.25) is 0 Å². The first-order valence-corrected chi connectivity index (χ1v) is 6.59. The summed E-state index contributed by atoms with van der Waals surface area (Å²) in [4.78, 5) is 6.51. The Bertz CT molecular complexity index is 493. The summed E-state index contributed by atoms with van der Waals surface area (Å²) in [5, 5.41) is 0. The second kappa shape index (κ2) is 5.98. The molecule has 94 valence electrons. The van der Waals surface area contributed by atoms with E-state index in [1.54, 1.807) is 0 Å². The third-order valence-corrected chi connectivity index (χ3v) is 3.30. The zero-order chi connectivity index (χ0) is 13.0. The molecule has 0 fully saturated rings. The first-order valence-electron chi connectivity index (χ1n) is 5.79. The molecule has 0 amide bonds. The zero-order valence-corrected chi connectivity index (χ0v) is 11.9. The Hall–Kier alpha value is -1.39. The highest BCUT2D eigenvalue weighted by Gasteiger charge is 2.03. The maximum atomic E-state index is 5.56. The third-order valence-electron chi connectivity index (χ3n) is 2.77. The van der Waals surface area contributed by atoms with Crippen LogP contribution in [-0.2, 0) is 13.1 Å². The summed E-state index contributed by atoms with van der Waals surface area (Å²) >= 11 is 3.43. The molecule has 0 unspecified atom stereocenters. The SMILES string of the molecule is CN(Cc1ccc(Br)cc1)c1ccc(CN)cn1. The van der Waals surface area contributed by atoms with Crippen molar-refractivity contribution in [2.24, 2.45) is 5.73 Å². The van der Waals surface area contributed by atoms with Gasteiger partial charge in [0.05, 0.1) is 0 Å². The highest BCUT2D eigenvalue weighted by atomic mass is 79.9. The number of halogens is 1. The van der Waals surface area contributed by atoms with Crippen LogP contribution in [0.3, 0.4) is 0 Å². The van der Waals surface area contributed by atoms with Gasteiger partial charge in [-0.15, -0.1) is 0 Å². The van der Waals surface area contributed by atoms with E-state index in [1.165, 1.54) is 5.56 Å². The fraction of sp³-hybridized carbons (Fsp3) is 0.214. The Morgan fingerprint density at radius 2 is 1.78 bits per heavy atom. The summed E-state index contributed by atoms with van der Waals surface area (Å²) in [6.07, 6.45) is 1.83. The fourth-order valence-electron chi connectivity index (χ4n) is 1.71. The molecule has 0 aliphatic heterocycles. The number of hydrogen-bond acceptors (Lipinski definition) is 3. The van der Waals surface area contributed by atoms with Gasteiger partial charge in [0.15, 0.2) is 0 Å². The summed E-state index contributed by atoms with van der Waals surface area (Å²) in [6, 6.07) is 12.3. The van der Waals surface area contributed by atoms with Crippen LogP contribution < -0.4 is 10.6 Å². The Labute approximate surface area is 116 Å². The standard InChI is InChI=1S/C14H16BrN3/c1-18(10-11-2-5-13(15)6-3-11)14-7-4-12(8-16)9-17-14/h2-7,9H,8,10,16H2,1H3. The molecule has 0 saturated carbocycles. The van der Waals surface area contributed by atoms with E-state index < -0.39 is 0 Å². The van der Waals surface area contributed by atoms with E-state index in [0.717, 1.165) is 22.4 Å². The number of nitrogens with two attached hydrogens (primary N) is 1. The van der Waals surface area contributed by atoms with Crippen molar-refractivity contribution in [2.75, 3.05) is 11.9 Å². The molecule has 18 heavy (non-hydrogen) atoms. The van der Waals surface area contributed by atoms with E-state index in [2.05, 4.69) is 37.9 Å². The Morgan fingerprint density at radius 1 is 1.11 bits per heavy atom. The van der Waals surface area contributed by atoms with Gasteiger partial charge in [0, 0.05) is 30.8 Å². The molecule has 4 heteroatoms. The van der Waals surface area contributed by atoms with Crippen molar-refractivity contribution >= 4 is 21.7 Å². The van der Waals surface area contributed by atoms with Crippen molar-refractivity contribution in [3.8, 4) is 0 Å². The van der Waals surface area contributed by atoms with Crippen LogP contribution in [0.4, 0.5) is 5.82 Å². The van der Waals surface area contributed by atoms with Crippen LogP contribution in [0.15, 0.2) is 47.1 Å². The molecule has 2 N–H and O–H groups in total. The van der Waals surface area contributed by atoms with E-state index in [0.29, 0.717) is 6.54 Å². The number of nitrogens with zero attached hydrogens (tertiary/aromatic N) is 2. The van der Waals surface area contributed by atoms with Crippen LogP contribution >= 0.6 is 15.9 Å². The maximum absolute atomic E-state index is 5.56. The van der Waals surface area contributed by atoms with Crippen LogP contribution in [0.5, 0.6) is 0 Å². The fourth-order valence-corrected chi connectivity index (χ4v) is 1.97. The lowest BCUT2D eigenvalue weighted by Crippen LogP contribution is -2.17. The lowest BCUT2D eigenvalue weighted by molar-refractivity contribution is 0.893. The van der Waals surface area contributed by atoms with Crippen molar-refractivity contribution in [1.82, 2.24) is 4.98 Å². The smallest absolute Gasteiger partial charge is 0.128 e. The molecule has 0 bridgehead atoms. The monoisotopic (exact) mass is 305 g/mol. The Kier molecular flexibility index (Phi) is 4.33. The molecule has 0 aliphatic rings. The maximum Gasteiger partial charge on any atom is 0.128 e. The molecule has 2 aromatic rings. The van der Waals surface area contributed by atoms with Gasteiger partial charge in [-0.2, -0.15) is 0 Å². The van der Waals surface area contributed by atoms with E-state index in [4.69, 9.17) is 5.73 Å². The van der Waals surface area contributed by atoms with Gasteiger partial charge in [-0.05, 0) is 29.3 Å². The minimum absolute atomic E-state index is 0.531. The molecule has 0 spiro atoms. The van der Waals surface area contributed by atoms with Crippen LogP contribution in [0.25, 0.3) is 0 Å². The predicted molar refractivity (Wildman–Crippen MR) is 78.4 cm³/mol. The van der Waals surface area contributed by atoms with E-state index in [-0.39, 0.29) is 0 Å². The molecule has 0 aliphatic carbocycles. The van der Waals surface area contributed by atoms with E-state index >= 15 is 0 Å². The minimum atomic E-state index is 0.531. The summed E-state index contributed by atoms with van der Waals surface area (Å²) in [5.74, 6) is 0.954. The quantitative estimate of drug-likeness (QED) is 0.944. The average molecular weight is 306 g/mol. The van der Waals surface area contributed by atoms with Crippen molar-refractivity contribution in [3.63, 3.8) is 0 Å². The van der Waals surface area contributed by atoms with Crippen molar-refractivity contribution in [3.05, 3.63) is 58.2 Å². The van der Waals surface area contributed by atoms with Gasteiger partial charge in [-0.3, -0.25) is 0 Å². The van der Waals surface area contributed by atoms with Crippen LogP contribution in [0, 0.1) is 0 Å². The molecule has 0 radical (unpaired) electrons. The normalized spacial score (nSPS) is 10.4. The molecule has 0 saturated heterocycles. The number of aromatic nitrogens is 1. The topological polar surface area (TPSA) is 42.1 Å². The average Bonchev–Trinajstić information content (AvgIpc) is 2.41. The lowest BCUT2D eigenvalue weighted by Gasteiger charge is -2.18. The van der Waals surface area contributed by atoms with Crippen molar-refractivity contribution in [2.45, 2.75) is 13.1 Å². The Morgan fingerprint density at radius 3 is 2.33 bits per heavy atom. The van der Waals surface area contributed by atoms with Gasteiger partial charge < -0.3 is 10.6 Å². The molecule has 1 aromatic carbocycles. The van der Waals surface area contributed by atoms with Crippen molar-refractivity contribution < 1.29 is 0 Å². The summed E-state index contributed by atoms with van der Waals surface area (Å²) < 4.78 is 1.10. The van der Waals surface area contributed by atoms with Crippen molar-refractivity contribution in [1.29, 1.82) is 0 Å². The molecule has 2 rings (SSSR count). The van der Waals surface area contributed by atoms with Gasteiger partial charge in [0.1, 0.15) is 5.82 Å². The second-order valence-corrected chi connectivity index (χ2v) is 5.13. The van der Waals surface area contributed by atoms with Crippen LogP contribution in [-0.4, -0.2) is 12.0 Å². The molecule has 1 aromatic heterocycles. The van der Waals surface area contributed by atoms with Crippen LogP contribution in [0.1, 0.15) is 11.1 Å². The van der Waals surface area contributed by atoms with Gasteiger partial charge >= 0.3 is 0 Å². The van der Waals surface area contributed by atoms with Gasteiger partial charge in [0.25, 0.3) is 0 Å². The largest absolute Gasteiger partial charge is 0.355 e. The summed E-state index contributed by atoms with van der Waals surface area (Å²) in [7, 11) is 2.03.